The zero-order valence-corrected chi connectivity index (χ0v) is 13.3. The number of aromatic nitrogens is 1. The van der Waals surface area contributed by atoms with Gasteiger partial charge < -0.3 is 10.1 Å². The predicted octanol–water partition coefficient (Wildman–Crippen LogP) is 4.50. The quantitative estimate of drug-likeness (QED) is 0.860. The summed E-state index contributed by atoms with van der Waals surface area (Å²) < 4.78 is 5.31. The fourth-order valence-electron chi connectivity index (χ4n) is 3.19. The number of pyridine rings is 1. The number of nitrogens with zero attached hydrogens (tertiary/aromatic N) is 1. The summed E-state index contributed by atoms with van der Waals surface area (Å²) in [7, 11) is 1.67. The number of nitrogens with one attached hydrogen (secondary N) is 1. The second-order valence-electron chi connectivity index (χ2n) is 6.60. The van der Waals surface area contributed by atoms with Gasteiger partial charge in [0.15, 0.2) is 0 Å². The highest BCUT2D eigenvalue weighted by Gasteiger charge is 2.31. The van der Waals surface area contributed by atoms with Gasteiger partial charge in [-0.25, -0.2) is 4.98 Å². The standard InChI is InChI=1S/C17H28N2O/c1-5-17(2,3)13-8-10-14(11-9-13)19-15-7-6-12-18-16(15)20-4/h6-7,12-14,19H,5,8-11H2,1-4H3. The van der Waals surface area contributed by atoms with Crippen molar-refractivity contribution in [3.63, 3.8) is 0 Å². The van der Waals surface area contributed by atoms with E-state index in [9.17, 15) is 0 Å². The molecule has 0 saturated heterocycles. The Morgan fingerprint density at radius 2 is 2.00 bits per heavy atom. The van der Waals surface area contributed by atoms with E-state index >= 15 is 0 Å². The van der Waals surface area contributed by atoms with E-state index in [0.29, 0.717) is 17.3 Å². The van der Waals surface area contributed by atoms with Gasteiger partial charge >= 0.3 is 0 Å². The van der Waals surface area contributed by atoms with E-state index in [2.05, 4.69) is 31.1 Å². The van der Waals surface area contributed by atoms with Crippen LogP contribution in [0.25, 0.3) is 0 Å². The summed E-state index contributed by atoms with van der Waals surface area (Å²) in [6, 6.07) is 4.56. The fourth-order valence-corrected chi connectivity index (χ4v) is 3.19. The van der Waals surface area contributed by atoms with Crippen LogP contribution in [0.15, 0.2) is 18.3 Å². The lowest BCUT2D eigenvalue weighted by molar-refractivity contribution is 0.147. The monoisotopic (exact) mass is 276 g/mol. The Morgan fingerprint density at radius 1 is 1.30 bits per heavy atom. The summed E-state index contributed by atoms with van der Waals surface area (Å²) in [5.74, 6) is 1.56. The van der Waals surface area contributed by atoms with Crippen LogP contribution >= 0.6 is 0 Å². The molecule has 0 amide bonds. The smallest absolute Gasteiger partial charge is 0.237 e. The van der Waals surface area contributed by atoms with Gasteiger partial charge in [0.2, 0.25) is 5.88 Å². The molecule has 1 aromatic rings. The number of methoxy groups -OCH3 is 1. The molecule has 1 N–H and O–H groups in total. The lowest BCUT2D eigenvalue weighted by atomic mass is 9.69. The summed E-state index contributed by atoms with van der Waals surface area (Å²) in [6.07, 6.45) is 8.16. The minimum absolute atomic E-state index is 0.483. The first kappa shape index (κ1) is 15.1. The molecule has 0 unspecified atom stereocenters. The molecule has 112 valence electrons. The molecule has 20 heavy (non-hydrogen) atoms. The van der Waals surface area contributed by atoms with Gasteiger partial charge in [-0.1, -0.05) is 27.2 Å². The Morgan fingerprint density at radius 3 is 2.60 bits per heavy atom. The highest BCUT2D eigenvalue weighted by molar-refractivity contribution is 5.52. The van der Waals surface area contributed by atoms with Gasteiger partial charge in [0.05, 0.1) is 12.8 Å². The van der Waals surface area contributed by atoms with E-state index in [1.54, 1.807) is 13.3 Å². The molecule has 1 saturated carbocycles. The Labute approximate surface area is 123 Å². The van der Waals surface area contributed by atoms with Gasteiger partial charge in [-0.05, 0) is 49.1 Å². The SMILES string of the molecule is CCC(C)(C)C1CCC(Nc2cccnc2OC)CC1. The summed E-state index contributed by atoms with van der Waals surface area (Å²) in [5, 5.41) is 3.60. The molecule has 0 aromatic carbocycles. The van der Waals surface area contributed by atoms with Crippen LogP contribution in [-0.2, 0) is 0 Å². The van der Waals surface area contributed by atoms with Crippen LogP contribution in [-0.4, -0.2) is 18.1 Å². The molecule has 0 bridgehead atoms. The van der Waals surface area contributed by atoms with Gasteiger partial charge in [-0.2, -0.15) is 0 Å². The zero-order chi connectivity index (χ0) is 14.6. The molecule has 0 aliphatic heterocycles. The van der Waals surface area contributed by atoms with Crippen molar-refractivity contribution in [2.24, 2.45) is 11.3 Å². The molecule has 0 spiro atoms. The Bertz CT molecular complexity index is 423. The van der Waals surface area contributed by atoms with E-state index in [-0.39, 0.29) is 0 Å². The van der Waals surface area contributed by atoms with Crippen LogP contribution < -0.4 is 10.1 Å². The zero-order valence-electron chi connectivity index (χ0n) is 13.3. The molecule has 0 radical (unpaired) electrons. The van der Waals surface area contributed by atoms with Gasteiger partial charge in [-0.15, -0.1) is 0 Å². The molecular weight excluding hydrogens is 248 g/mol. The minimum Gasteiger partial charge on any atom is -0.480 e. The van der Waals surface area contributed by atoms with Crippen molar-refractivity contribution < 1.29 is 4.74 Å². The van der Waals surface area contributed by atoms with Crippen LogP contribution in [0.1, 0.15) is 52.9 Å². The molecule has 1 heterocycles. The van der Waals surface area contributed by atoms with E-state index in [1.807, 2.05) is 12.1 Å². The van der Waals surface area contributed by atoms with Crippen LogP contribution in [0, 0.1) is 11.3 Å². The van der Waals surface area contributed by atoms with Crippen LogP contribution in [0.5, 0.6) is 5.88 Å². The maximum atomic E-state index is 5.31. The minimum atomic E-state index is 0.483. The lowest BCUT2D eigenvalue weighted by Crippen LogP contribution is -2.32. The number of hydrogen-bond acceptors (Lipinski definition) is 3. The van der Waals surface area contributed by atoms with Crippen molar-refractivity contribution in [3.05, 3.63) is 18.3 Å². The number of hydrogen-bond donors (Lipinski definition) is 1. The van der Waals surface area contributed by atoms with Crippen molar-refractivity contribution in [3.8, 4) is 5.88 Å². The van der Waals surface area contributed by atoms with E-state index in [1.165, 1.54) is 32.1 Å². The third kappa shape index (κ3) is 3.44. The molecular formula is C17H28N2O. The van der Waals surface area contributed by atoms with Crippen molar-refractivity contribution in [2.45, 2.75) is 58.9 Å². The van der Waals surface area contributed by atoms with Gasteiger partial charge in [0.25, 0.3) is 0 Å². The van der Waals surface area contributed by atoms with Crippen LogP contribution in [0.3, 0.4) is 0 Å². The third-order valence-electron chi connectivity index (χ3n) is 5.07. The predicted molar refractivity (Wildman–Crippen MR) is 84.2 cm³/mol. The fraction of sp³-hybridized carbons (Fsp3) is 0.706. The lowest BCUT2D eigenvalue weighted by Gasteiger charge is -2.39. The number of ether oxygens (including phenoxy) is 1. The van der Waals surface area contributed by atoms with E-state index < -0.39 is 0 Å². The van der Waals surface area contributed by atoms with E-state index in [0.717, 1.165) is 11.6 Å². The van der Waals surface area contributed by atoms with E-state index in [4.69, 9.17) is 4.74 Å². The second kappa shape index (κ2) is 6.47. The highest BCUT2D eigenvalue weighted by atomic mass is 16.5. The number of rotatable bonds is 5. The Hall–Kier alpha value is -1.25. The third-order valence-corrected chi connectivity index (χ3v) is 5.07. The highest BCUT2D eigenvalue weighted by Crippen LogP contribution is 2.41. The average Bonchev–Trinajstić information content (AvgIpc) is 2.48. The summed E-state index contributed by atoms with van der Waals surface area (Å²) in [4.78, 5) is 4.25. The van der Waals surface area contributed by atoms with Crippen LogP contribution in [0.4, 0.5) is 5.69 Å². The van der Waals surface area contributed by atoms with Crippen LogP contribution in [0.2, 0.25) is 0 Å². The molecule has 1 fully saturated rings. The summed E-state index contributed by atoms with van der Waals surface area (Å²) in [5.41, 5.74) is 1.50. The molecule has 2 rings (SSSR count). The van der Waals surface area contributed by atoms with Gasteiger partial charge in [0, 0.05) is 12.2 Å². The molecule has 3 nitrogen and oxygen atoms in total. The normalized spacial score (nSPS) is 23.4. The second-order valence-corrected chi connectivity index (χ2v) is 6.60. The maximum Gasteiger partial charge on any atom is 0.237 e. The van der Waals surface area contributed by atoms with Gasteiger partial charge in [0.1, 0.15) is 0 Å². The Balaban J connectivity index is 1.92. The molecule has 3 heteroatoms. The average molecular weight is 276 g/mol. The topological polar surface area (TPSA) is 34.2 Å². The molecule has 1 aliphatic carbocycles. The van der Waals surface area contributed by atoms with Crippen molar-refractivity contribution in [1.82, 2.24) is 4.98 Å². The largest absolute Gasteiger partial charge is 0.480 e. The number of anilines is 1. The first-order valence-electron chi connectivity index (χ1n) is 7.82. The molecule has 0 atom stereocenters. The first-order chi connectivity index (χ1) is 9.56. The van der Waals surface area contributed by atoms with Gasteiger partial charge in [-0.3, -0.25) is 0 Å². The first-order valence-corrected chi connectivity index (χ1v) is 7.82. The Kier molecular flexibility index (Phi) is 4.90. The van der Waals surface area contributed by atoms with Crippen molar-refractivity contribution >= 4 is 5.69 Å². The summed E-state index contributed by atoms with van der Waals surface area (Å²) >= 11 is 0. The summed E-state index contributed by atoms with van der Waals surface area (Å²) in [6.45, 7) is 7.13. The molecule has 1 aliphatic rings. The maximum absolute atomic E-state index is 5.31. The molecule has 1 aromatic heterocycles. The van der Waals surface area contributed by atoms with Crippen molar-refractivity contribution in [1.29, 1.82) is 0 Å². The van der Waals surface area contributed by atoms with Crippen molar-refractivity contribution in [2.75, 3.05) is 12.4 Å².